The van der Waals surface area contributed by atoms with E-state index in [-0.39, 0.29) is 22.9 Å². The molecule has 0 aliphatic rings. The number of aromatic nitrogens is 1. The number of allylic oxidation sites excluding steroid dienone is 2. The van der Waals surface area contributed by atoms with Crippen LogP contribution >= 0.6 is 0 Å². The van der Waals surface area contributed by atoms with Crippen LogP contribution in [0.25, 0.3) is 5.70 Å². The number of aryl methyl sites for hydroxylation is 1. The Labute approximate surface area is 191 Å². The Balaban J connectivity index is 2.82. The zero-order valence-electron chi connectivity index (χ0n) is 18.7. The maximum atomic E-state index is 11.8. The van der Waals surface area contributed by atoms with Crippen molar-refractivity contribution in [2.45, 2.75) is 27.7 Å². The number of aliphatic imine (C=N–C) groups is 1. The number of nitriles is 3. The lowest BCUT2D eigenvalue weighted by Gasteiger charge is -2.22. The van der Waals surface area contributed by atoms with E-state index in [0.29, 0.717) is 5.69 Å². The highest BCUT2D eigenvalue weighted by Gasteiger charge is 2.24. The predicted molar refractivity (Wildman–Crippen MR) is 124 cm³/mol. The summed E-state index contributed by atoms with van der Waals surface area (Å²) < 4.78 is 0.807. The van der Waals surface area contributed by atoms with Crippen LogP contribution < -0.4 is 10.2 Å². The maximum absolute atomic E-state index is 11.8. The van der Waals surface area contributed by atoms with E-state index in [9.17, 15) is 30.8 Å². The summed E-state index contributed by atoms with van der Waals surface area (Å²) in [6, 6.07) is 11.4. The molecule has 2 aromatic rings. The van der Waals surface area contributed by atoms with Crippen molar-refractivity contribution in [3.8, 4) is 30.0 Å². The van der Waals surface area contributed by atoms with Gasteiger partial charge >= 0.3 is 0 Å². The summed E-state index contributed by atoms with van der Waals surface area (Å²) in [6.07, 6.45) is 0. The number of carbonyl (C=O) groups is 1. The van der Waals surface area contributed by atoms with E-state index in [1.165, 1.54) is 19.9 Å². The SMILES string of the molecule is CCN(CC)c1ccc(N=C(C#N)C(=C(C#N)C#N)n2c(O)cc(C)c2O)c(NC(C)=O)c1. The second-order valence-corrected chi connectivity index (χ2v) is 6.92. The van der Waals surface area contributed by atoms with Gasteiger partial charge in [0.05, 0.1) is 11.4 Å². The summed E-state index contributed by atoms with van der Waals surface area (Å²) in [7, 11) is 0. The summed E-state index contributed by atoms with van der Waals surface area (Å²) in [5.41, 5.74) is 0.240. The lowest BCUT2D eigenvalue weighted by Crippen LogP contribution is -2.22. The highest BCUT2D eigenvalue weighted by molar-refractivity contribution is 6.30. The molecule has 0 aliphatic heterocycles. The van der Waals surface area contributed by atoms with Gasteiger partial charge in [0.1, 0.15) is 23.9 Å². The first-order chi connectivity index (χ1) is 15.7. The van der Waals surface area contributed by atoms with Crippen LogP contribution in [0.3, 0.4) is 0 Å². The van der Waals surface area contributed by atoms with Gasteiger partial charge in [0, 0.05) is 37.3 Å². The zero-order chi connectivity index (χ0) is 24.7. The van der Waals surface area contributed by atoms with Crippen LogP contribution in [0.5, 0.6) is 11.8 Å². The second kappa shape index (κ2) is 10.5. The van der Waals surface area contributed by atoms with Gasteiger partial charge in [-0.3, -0.25) is 4.79 Å². The molecule has 10 nitrogen and oxygen atoms in total. The third-order valence-corrected chi connectivity index (χ3v) is 4.81. The lowest BCUT2D eigenvalue weighted by atomic mass is 10.1. The van der Waals surface area contributed by atoms with Gasteiger partial charge in [-0.2, -0.15) is 15.8 Å². The van der Waals surface area contributed by atoms with Crippen LogP contribution in [-0.4, -0.2) is 39.5 Å². The smallest absolute Gasteiger partial charge is 0.221 e. The number of hydrogen-bond donors (Lipinski definition) is 3. The standard InChI is InChI=1S/C23H23N7O3/c1-5-29(6-2)17-7-8-18(19(10-17)27-15(4)31)28-20(13-26)22(16(11-24)12-25)30-21(32)9-14(3)23(30)33/h7-10,32-33H,5-6H2,1-4H3,(H,27,31). The van der Waals surface area contributed by atoms with Gasteiger partial charge in [-0.05, 0) is 39.0 Å². The Morgan fingerprint density at radius 2 is 1.76 bits per heavy atom. The van der Waals surface area contributed by atoms with Crippen molar-refractivity contribution >= 4 is 34.4 Å². The second-order valence-electron chi connectivity index (χ2n) is 6.92. The van der Waals surface area contributed by atoms with Crippen LogP contribution in [0.15, 0.2) is 34.8 Å². The third-order valence-electron chi connectivity index (χ3n) is 4.81. The van der Waals surface area contributed by atoms with E-state index in [4.69, 9.17) is 0 Å². The van der Waals surface area contributed by atoms with Gasteiger partial charge in [0.25, 0.3) is 0 Å². The largest absolute Gasteiger partial charge is 0.494 e. The molecule has 168 valence electrons. The average Bonchev–Trinajstić information content (AvgIpc) is 3.03. The molecule has 3 N–H and O–H groups in total. The predicted octanol–water partition coefficient (Wildman–Crippen LogP) is 3.57. The van der Waals surface area contributed by atoms with Gasteiger partial charge in [0.15, 0.2) is 17.2 Å². The molecular weight excluding hydrogens is 422 g/mol. The summed E-state index contributed by atoms with van der Waals surface area (Å²) in [4.78, 5) is 18.1. The highest BCUT2D eigenvalue weighted by atomic mass is 16.3. The fraction of sp³-hybridized carbons (Fsp3) is 0.261. The minimum atomic E-state index is -0.544. The minimum Gasteiger partial charge on any atom is -0.494 e. The summed E-state index contributed by atoms with van der Waals surface area (Å²) in [5, 5.41) is 52.1. The van der Waals surface area contributed by atoms with E-state index in [0.717, 1.165) is 23.3 Å². The molecule has 0 bridgehead atoms. The quantitative estimate of drug-likeness (QED) is 0.433. The van der Waals surface area contributed by atoms with Crippen molar-refractivity contribution in [1.29, 1.82) is 15.8 Å². The molecule has 1 amide bonds. The molecule has 0 saturated carbocycles. The van der Waals surface area contributed by atoms with Gasteiger partial charge in [0.2, 0.25) is 11.8 Å². The fourth-order valence-corrected chi connectivity index (χ4v) is 3.24. The van der Waals surface area contributed by atoms with Crippen molar-refractivity contribution in [1.82, 2.24) is 4.57 Å². The number of nitrogens with zero attached hydrogens (tertiary/aromatic N) is 6. The van der Waals surface area contributed by atoms with Crippen LogP contribution in [0.2, 0.25) is 0 Å². The van der Waals surface area contributed by atoms with Crippen molar-refractivity contribution in [2.75, 3.05) is 23.3 Å². The van der Waals surface area contributed by atoms with E-state index < -0.39 is 23.0 Å². The molecule has 1 heterocycles. The number of amides is 1. The summed E-state index contributed by atoms with van der Waals surface area (Å²) in [6.45, 7) is 8.27. The first-order valence-corrected chi connectivity index (χ1v) is 10.0. The highest BCUT2D eigenvalue weighted by Crippen LogP contribution is 2.35. The number of aromatic hydroxyl groups is 2. The van der Waals surface area contributed by atoms with Crippen molar-refractivity contribution in [3.63, 3.8) is 0 Å². The molecular formula is C23H23N7O3. The normalized spacial score (nSPS) is 10.5. The van der Waals surface area contributed by atoms with Gasteiger partial charge in [-0.15, -0.1) is 0 Å². The van der Waals surface area contributed by atoms with Gasteiger partial charge in [-0.25, -0.2) is 9.56 Å². The molecule has 2 rings (SSSR count). The van der Waals surface area contributed by atoms with Gasteiger partial charge in [-0.1, -0.05) is 0 Å². The number of rotatable bonds is 7. The molecule has 0 spiro atoms. The Hall–Kier alpha value is -4.75. The van der Waals surface area contributed by atoms with E-state index in [2.05, 4.69) is 15.2 Å². The average molecular weight is 445 g/mol. The topological polar surface area (TPSA) is 161 Å². The van der Waals surface area contributed by atoms with Crippen molar-refractivity contribution in [2.24, 2.45) is 4.99 Å². The van der Waals surface area contributed by atoms with Crippen molar-refractivity contribution < 1.29 is 15.0 Å². The minimum absolute atomic E-state index is 0.188. The molecule has 0 radical (unpaired) electrons. The Kier molecular flexibility index (Phi) is 7.82. The number of anilines is 2. The molecule has 0 unspecified atom stereocenters. The van der Waals surface area contributed by atoms with Crippen LogP contribution in [0, 0.1) is 40.9 Å². The van der Waals surface area contributed by atoms with Crippen LogP contribution in [0.4, 0.5) is 17.1 Å². The zero-order valence-corrected chi connectivity index (χ0v) is 18.7. The molecule has 0 atom stereocenters. The molecule has 1 aromatic carbocycles. The number of hydrogen-bond acceptors (Lipinski definition) is 8. The van der Waals surface area contributed by atoms with Crippen LogP contribution in [0.1, 0.15) is 26.3 Å². The Bertz CT molecular complexity index is 1250. The fourth-order valence-electron chi connectivity index (χ4n) is 3.24. The third kappa shape index (κ3) is 5.12. The summed E-state index contributed by atoms with van der Waals surface area (Å²) >= 11 is 0. The van der Waals surface area contributed by atoms with E-state index in [1.54, 1.807) is 30.3 Å². The number of benzene rings is 1. The first-order valence-electron chi connectivity index (χ1n) is 10.0. The monoisotopic (exact) mass is 445 g/mol. The van der Waals surface area contributed by atoms with E-state index >= 15 is 0 Å². The summed E-state index contributed by atoms with van der Waals surface area (Å²) in [5.74, 6) is -1.29. The Morgan fingerprint density at radius 1 is 1.12 bits per heavy atom. The first kappa shape index (κ1) is 24.5. The van der Waals surface area contributed by atoms with E-state index in [1.807, 2.05) is 19.9 Å². The number of nitrogens with one attached hydrogen (secondary N) is 1. The molecule has 0 saturated heterocycles. The lowest BCUT2D eigenvalue weighted by molar-refractivity contribution is -0.114. The molecule has 0 fully saturated rings. The van der Waals surface area contributed by atoms with Gasteiger partial charge < -0.3 is 20.4 Å². The Morgan fingerprint density at radius 3 is 2.21 bits per heavy atom. The number of carbonyl (C=O) groups excluding carboxylic acids is 1. The molecule has 10 heteroatoms. The van der Waals surface area contributed by atoms with Crippen LogP contribution in [-0.2, 0) is 4.79 Å². The molecule has 0 aliphatic carbocycles. The van der Waals surface area contributed by atoms with Crippen molar-refractivity contribution in [3.05, 3.63) is 35.4 Å². The molecule has 1 aromatic heterocycles. The molecule has 33 heavy (non-hydrogen) atoms. The maximum Gasteiger partial charge on any atom is 0.221 e.